The lowest BCUT2D eigenvalue weighted by Gasteiger charge is -2.70. The maximum Gasteiger partial charge on any atom is 0.469 e. The fraction of sp³-hybridized carbons (Fsp3) is 0.933. The van der Waals surface area contributed by atoms with Crippen molar-refractivity contribution in [2.24, 2.45) is 45.3 Å². The summed E-state index contributed by atoms with van der Waals surface area (Å²) in [6.45, 7) is 18.3. The van der Waals surface area contributed by atoms with Crippen molar-refractivity contribution < 1.29 is 24.0 Å². The van der Waals surface area contributed by atoms with Crippen molar-refractivity contribution >= 4 is 7.82 Å². The molecule has 0 aliphatic heterocycles. The first-order valence-corrected chi connectivity index (χ1v) is 16.0. The van der Waals surface area contributed by atoms with Crippen LogP contribution in [0.25, 0.3) is 0 Å². The molecule has 5 unspecified atom stereocenters. The highest BCUT2D eigenvalue weighted by Gasteiger charge is 2.69. The predicted molar refractivity (Wildman–Crippen MR) is 145 cm³/mol. The molecule has 4 rings (SSSR count). The molecular weight excluding hydrogens is 471 g/mol. The number of aliphatic hydroxyl groups is 1. The Bertz CT molecular complexity index is 916. The molecule has 6 heteroatoms. The van der Waals surface area contributed by atoms with Crippen LogP contribution in [0.5, 0.6) is 0 Å². The summed E-state index contributed by atoms with van der Waals surface area (Å²) >= 11 is 0. The third kappa shape index (κ3) is 4.51. The molecule has 0 aromatic rings. The van der Waals surface area contributed by atoms with E-state index in [2.05, 4.69) is 61.5 Å². The van der Waals surface area contributed by atoms with E-state index in [4.69, 9.17) is 4.52 Å². The van der Waals surface area contributed by atoms with Gasteiger partial charge in [0.2, 0.25) is 0 Å². The van der Waals surface area contributed by atoms with E-state index >= 15 is 0 Å². The van der Waals surface area contributed by atoms with E-state index in [1.807, 2.05) is 0 Å². The van der Waals surface area contributed by atoms with Gasteiger partial charge < -0.3 is 14.9 Å². The van der Waals surface area contributed by atoms with Crippen LogP contribution in [0.4, 0.5) is 0 Å². The fourth-order valence-corrected chi connectivity index (χ4v) is 11.4. The second-order valence-electron chi connectivity index (χ2n) is 14.9. The van der Waals surface area contributed by atoms with E-state index in [-0.39, 0.29) is 21.7 Å². The van der Waals surface area contributed by atoms with Crippen molar-refractivity contribution in [2.45, 2.75) is 131 Å². The van der Waals surface area contributed by atoms with E-state index < -0.39 is 19.5 Å². The highest BCUT2D eigenvalue weighted by molar-refractivity contribution is 7.46. The third-order valence-corrected chi connectivity index (χ3v) is 13.1. The van der Waals surface area contributed by atoms with Crippen molar-refractivity contribution in [1.29, 1.82) is 0 Å². The lowest BCUT2D eigenvalue weighted by molar-refractivity contribution is -0.223. The maximum absolute atomic E-state index is 11.7. The van der Waals surface area contributed by atoms with Crippen LogP contribution in [0, 0.1) is 45.3 Å². The van der Waals surface area contributed by atoms with Gasteiger partial charge in [0.1, 0.15) is 0 Å². The average Bonchev–Trinajstić information content (AvgIpc) is 3.08. The zero-order chi connectivity index (χ0) is 26.9. The summed E-state index contributed by atoms with van der Waals surface area (Å²) in [5.41, 5.74) is 1.00. The first-order valence-electron chi connectivity index (χ1n) is 14.5. The van der Waals surface area contributed by atoms with E-state index in [9.17, 15) is 19.5 Å². The highest BCUT2D eigenvalue weighted by atomic mass is 31.2. The molecule has 0 saturated heterocycles. The molecule has 0 spiro atoms. The summed E-state index contributed by atoms with van der Waals surface area (Å²) < 4.78 is 17.1. The van der Waals surface area contributed by atoms with Crippen LogP contribution in [0.3, 0.4) is 0 Å². The molecule has 4 fully saturated rings. The Balaban J connectivity index is 1.59. The zero-order valence-electron chi connectivity index (χ0n) is 24.1. The maximum atomic E-state index is 11.7. The first-order chi connectivity index (χ1) is 16.4. The normalized spacial score (nSPS) is 45.7. The second-order valence-corrected chi connectivity index (χ2v) is 16.1. The van der Waals surface area contributed by atoms with Crippen LogP contribution < -0.4 is 0 Å². The van der Waals surface area contributed by atoms with Crippen LogP contribution in [-0.2, 0) is 9.09 Å². The third-order valence-electron chi connectivity index (χ3n) is 12.6. The molecule has 0 aromatic heterocycles. The summed E-state index contributed by atoms with van der Waals surface area (Å²) in [5, 5.41) is 11.7. The Kier molecular flexibility index (Phi) is 7.35. The summed E-state index contributed by atoms with van der Waals surface area (Å²) in [6.07, 6.45) is 12.3. The van der Waals surface area contributed by atoms with Gasteiger partial charge in [-0.1, -0.05) is 46.3 Å². The van der Waals surface area contributed by atoms with E-state index in [0.29, 0.717) is 30.1 Å². The van der Waals surface area contributed by atoms with Gasteiger partial charge in [0.25, 0.3) is 0 Å². The van der Waals surface area contributed by atoms with Crippen molar-refractivity contribution in [2.75, 3.05) is 0 Å². The minimum absolute atomic E-state index is 0.142. The lowest BCUT2D eigenvalue weighted by atomic mass is 9.35. The molecule has 5 nitrogen and oxygen atoms in total. The summed E-state index contributed by atoms with van der Waals surface area (Å²) in [4.78, 5) is 19.1. The average molecular weight is 525 g/mol. The van der Waals surface area contributed by atoms with Gasteiger partial charge in [-0.05, 0) is 130 Å². The Morgan fingerprint density at radius 3 is 2.19 bits per heavy atom. The van der Waals surface area contributed by atoms with Crippen LogP contribution in [0.2, 0.25) is 0 Å². The van der Waals surface area contributed by atoms with Crippen molar-refractivity contribution in [3.63, 3.8) is 0 Å². The van der Waals surface area contributed by atoms with Crippen LogP contribution in [0.1, 0.15) is 120 Å². The number of fused-ring (bicyclic) bond motifs is 5. The number of allylic oxidation sites excluding steroid dienone is 2. The lowest BCUT2D eigenvalue weighted by Crippen LogP contribution is -2.64. The van der Waals surface area contributed by atoms with Gasteiger partial charge in [0, 0.05) is 0 Å². The molecule has 9 atom stereocenters. The van der Waals surface area contributed by atoms with E-state index in [1.54, 1.807) is 0 Å². The number of phosphoric acid groups is 1. The molecule has 208 valence electrons. The molecule has 0 radical (unpaired) electrons. The molecule has 3 N–H and O–H groups in total. The predicted octanol–water partition coefficient (Wildman–Crippen LogP) is 7.65. The largest absolute Gasteiger partial charge is 0.469 e. The minimum Gasteiger partial charge on any atom is -0.390 e. The summed E-state index contributed by atoms with van der Waals surface area (Å²) in [5.74, 6) is 1.90. The molecule has 4 aliphatic rings. The molecule has 0 bridgehead atoms. The minimum atomic E-state index is -4.52. The quantitative estimate of drug-likeness (QED) is 0.245. The topological polar surface area (TPSA) is 87.0 Å². The Hall–Kier alpha value is -0.190. The van der Waals surface area contributed by atoms with Gasteiger partial charge >= 0.3 is 7.82 Å². The van der Waals surface area contributed by atoms with Crippen molar-refractivity contribution in [3.05, 3.63) is 11.6 Å². The number of phosphoric ester groups is 1. The highest BCUT2D eigenvalue weighted by Crippen LogP contribution is 2.76. The molecule has 4 aliphatic carbocycles. The van der Waals surface area contributed by atoms with E-state index in [1.165, 1.54) is 24.8 Å². The van der Waals surface area contributed by atoms with Gasteiger partial charge in [-0.15, -0.1) is 0 Å². The van der Waals surface area contributed by atoms with Crippen LogP contribution in [-0.4, -0.2) is 26.6 Å². The Morgan fingerprint density at radius 2 is 1.58 bits per heavy atom. The summed E-state index contributed by atoms with van der Waals surface area (Å²) in [6, 6.07) is 0. The van der Waals surface area contributed by atoms with Gasteiger partial charge in [-0.25, -0.2) is 4.57 Å². The van der Waals surface area contributed by atoms with Gasteiger partial charge in [-0.3, -0.25) is 4.52 Å². The molecule has 0 amide bonds. The van der Waals surface area contributed by atoms with Crippen LogP contribution in [0.15, 0.2) is 11.6 Å². The molecule has 0 heterocycles. The number of hydrogen-bond donors (Lipinski definition) is 3. The summed E-state index contributed by atoms with van der Waals surface area (Å²) in [7, 11) is -4.52. The molecule has 4 saturated carbocycles. The first kappa shape index (κ1) is 28.8. The van der Waals surface area contributed by atoms with Gasteiger partial charge in [-0.2, -0.15) is 0 Å². The molecule has 0 aromatic carbocycles. The zero-order valence-corrected chi connectivity index (χ0v) is 25.0. The number of rotatable bonds is 6. The van der Waals surface area contributed by atoms with Gasteiger partial charge in [0.05, 0.1) is 11.7 Å². The molecular formula is C30H53O5P. The van der Waals surface area contributed by atoms with Crippen molar-refractivity contribution in [1.82, 2.24) is 0 Å². The van der Waals surface area contributed by atoms with Crippen molar-refractivity contribution in [3.8, 4) is 0 Å². The van der Waals surface area contributed by atoms with Crippen LogP contribution >= 0.6 is 7.82 Å². The Labute approximate surface area is 220 Å². The monoisotopic (exact) mass is 524 g/mol. The number of hydrogen-bond acceptors (Lipinski definition) is 3. The molecule has 36 heavy (non-hydrogen) atoms. The SMILES string of the molecule is CC(C)=CCCC(C)(O)C1CC[C@]2(C)C1CCC1[C@@]3(C)CC[C@@H](OP(=O)(O)O)C(C)(C)C3CC[C@]12C. The van der Waals surface area contributed by atoms with Gasteiger partial charge in [0.15, 0.2) is 0 Å². The fourth-order valence-electron chi connectivity index (χ4n) is 10.7. The Morgan fingerprint density at radius 1 is 0.944 bits per heavy atom. The second kappa shape index (κ2) is 9.19. The smallest absolute Gasteiger partial charge is 0.390 e. The van der Waals surface area contributed by atoms with E-state index in [0.717, 1.165) is 38.5 Å². The standard InChI is InChI=1S/C30H53O5P/c1-20(2)10-9-16-30(8,31)22-13-18-28(6)21(22)11-12-24-27(5)17-15-25(35-36(32,33)34)26(3,4)23(27)14-19-29(24,28)7/h10,21-25,31H,9,11-19H2,1-8H3,(H2,32,33,34)/t21?,22?,23?,24?,25-,27+,28-,29-,30?/m1/s1.